The number of aryl methyl sites for hydroxylation is 1. The van der Waals surface area contributed by atoms with E-state index in [1.165, 1.54) is 5.56 Å². The first-order chi connectivity index (χ1) is 14.7. The van der Waals surface area contributed by atoms with Gasteiger partial charge in [-0.1, -0.05) is 12.1 Å². The van der Waals surface area contributed by atoms with Crippen molar-refractivity contribution in [1.29, 1.82) is 0 Å². The smallest absolute Gasteiger partial charge is 0.191 e. The number of nitrogens with zero attached hydrogens (tertiary/aromatic N) is 6. The van der Waals surface area contributed by atoms with Crippen LogP contribution in [0.3, 0.4) is 0 Å². The van der Waals surface area contributed by atoms with Crippen LogP contribution in [0.5, 0.6) is 0 Å². The molecular formula is C21H28N8O. The van der Waals surface area contributed by atoms with Crippen molar-refractivity contribution in [3.63, 3.8) is 0 Å². The summed E-state index contributed by atoms with van der Waals surface area (Å²) in [5.74, 6) is 2.59. The van der Waals surface area contributed by atoms with Crippen molar-refractivity contribution in [3.8, 4) is 5.69 Å². The number of hydrogen-bond donors (Lipinski definition) is 2. The van der Waals surface area contributed by atoms with Crippen molar-refractivity contribution in [2.24, 2.45) is 4.99 Å². The summed E-state index contributed by atoms with van der Waals surface area (Å²) in [7, 11) is 3.46. The maximum Gasteiger partial charge on any atom is 0.191 e. The van der Waals surface area contributed by atoms with Crippen LogP contribution in [0.2, 0.25) is 0 Å². The van der Waals surface area contributed by atoms with Gasteiger partial charge in [0.1, 0.15) is 12.4 Å². The molecule has 158 valence electrons. The molecule has 1 atom stereocenters. The van der Waals surface area contributed by atoms with E-state index in [0.29, 0.717) is 6.61 Å². The van der Waals surface area contributed by atoms with Crippen LogP contribution in [0.4, 0.5) is 0 Å². The fourth-order valence-corrected chi connectivity index (χ4v) is 3.62. The summed E-state index contributed by atoms with van der Waals surface area (Å²) in [4.78, 5) is 8.90. The predicted octanol–water partition coefficient (Wildman–Crippen LogP) is 1.33. The SMILES string of the molecule is CN=C(NCCc1ccc(-n2cccn2)cc1)NC1CCc2nc(COC)nn2C1. The number of rotatable bonds is 7. The molecule has 0 spiro atoms. The maximum absolute atomic E-state index is 5.13. The van der Waals surface area contributed by atoms with Crippen LogP contribution >= 0.6 is 0 Å². The van der Waals surface area contributed by atoms with Gasteiger partial charge in [0.2, 0.25) is 0 Å². The Hall–Kier alpha value is -3.20. The van der Waals surface area contributed by atoms with E-state index in [9.17, 15) is 0 Å². The average Bonchev–Trinajstić information content (AvgIpc) is 3.43. The molecule has 0 saturated carbocycles. The Kier molecular flexibility index (Phi) is 6.38. The Labute approximate surface area is 176 Å². The van der Waals surface area contributed by atoms with E-state index in [0.717, 1.165) is 55.6 Å². The number of aliphatic imine (C=N–C) groups is 1. The van der Waals surface area contributed by atoms with E-state index in [1.54, 1.807) is 20.4 Å². The lowest BCUT2D eigenvalue weighted by molar-refractivity contribution is 0.177. The van der Waals surface area contributed by atoms with Crippen LogP contribution in [0, 0.1) is 0 Å². The minimum Gasteiger partial charge on any atom is -0.377 e. The van der Waals surface area contributed by atoms with Gasteiger partial charge in [-0.15, -0.1) is 0 Å². The highest BCUT2D eigenvalue weighted by atomic mass is 16.5. The largest absolute Gasteiger partial charge is 0.377 e. The second kappa shape index (κ2) is 9.53. The van der Waals surface area contributed by atoms with E-state index < -0.39 is 0 Å². The van der Waals surface area contributed by atoms with Crippen LogP contribution in [0.1, 0.15) is 23.6 Å². The number of fused-ring (bicyclic) bond motifs is 1. The van der Waals surface area contributed by atoms with Gasteiger partial charge in [0, 0.05) is 45.6 Å². The lowest BCUT2D eigenvalue weighted by Crippen LogP contribution is -2.47. The summed E-state index contributed by atoms with van der Waals surface area (Å²) >= 11 is 0. The first-order valence-corrected chi connectivity index (χ1v) is 10.2. The molecule has 0 amide bonds. The Morgan fingerprint density at radius 3 is 2.90 bits per heavy atom. The fourth-order valence-electron chi connectivity index (χ4n) is 3.62. The zero-order valence-corrected chi connectivity index (χ0v) is 17.5. The van der Waals surface area contributed by atoms with Crippen LogP contribution < -0.4 is 10.6 Å². The van der Waals surface area contributed by atoms with Crippen molar-refractivity contribution in [3.05, 3.63) is 59.9 Å². The summed E-state index contributed by atoms with van der Waals surface area (Å²) < 4.78 is 8.97. The van der Waals surface area contributed by atoms with Crippen molar-refractivity contribution < 1.29 is 4.74 Å². The molecule has 2 aromatic heterocycles. The third kappa shape index (κ3) is 4.85. The number of guanidine groups is 1. The summed E-state index contributed by atoms with van der Waals surface area (Å²) in [6, 6.07) is 10.6. The number of aromatic nitrogens is 5. The molecule has 0 bridgehead atoms. The lowest BCUT2D eigenvalue weighted by atomic mass is 10.1. The van der Waals surface area contributed by atoms with Gasteiger partial charge in [-0.25, -0.2) is 14.3 Å². The number of hydrogen-bond acceptors (Lipinski definition) is 5. The number of ether oxygens (including phenoxy) is 1. The Balaban J connectivity index is 1.25. The van der Waals surface area contributed by atoms with Gasteiger partial charge < -0.3 is 15.4 Å². The molecule has 2 N–H and O–H groups in total. The zero-order chi connectivity index (χ0) is 20.8. The first kappa shape index (κ1) is 20.1. The predicted molar refractivity (Wildman–Crippen MR) is 115 cm³/mol. The molecule has 1 aliphatic rings. The first-order valence-electron chi connectivity index (χ1n) is 10.2. The topological polar surface area (TPSA) is 94.2 Å². The van der Waals surface area contributed by atoms with Crippen molar-refractivity contribution in [2.45, 2.75) is 38.5 Å². The summed E-state index contributed by atoms with van der Waals surface area (Å²) in [6.07, 6.45) is 6.54. The lowest BCUT2D eigenvalue weighted by Gasteiger charge is -2.25. The van der Waals surface area contributed by atoms with Gasteiger partial charge in [-0.3, -0.25) is 4.99 Å². The molecule has 3 aromatic rings. The minimum absolute atomic E-state index is 0.272. The summed E-state index contributed by atoms with van der Waals surface area (Å²) in [6.45, 7) is 2.03. The molecule has 0 radical (unpaired) electrons. The Morgan fingerprint density at radius 1 is 1.30 bits per heavy atom. The van der Waals surface area contributed by atoms with Crippen LogP contribution in [-0.2, 0) is 30.7 Å². The highest BCUT2D eigenvalue weighted by Crippen LogP contribution is 2.13. The van der Waals surface area contributed by atoms with Gasteiger partial charge in [-0.2, -0.15) is 10.2 Å². The molecule has 0 aliphatic carbocycles. The van der Waals surface area contributed by atoms with E-state index >= 15 is 0 Å². The van der Waals surface area contributed by atoms with Gasteiger partial charge in [0.15, 0.2) is 11.8 Å². The number of methoxy groups -OCH3 is 1. The summed E-state index contributed by atoms with van der Waals surface area (Å²) in [5, 5.41) is 15.7. The molecule has 3 heterocycles. The second-order valence-electron chi connectivity index (χ2n) is 7.31. The Morgan fingerprint density at radius 2 is 2.17 bits per heavy atom. The van der Waals surface area contributed by atoms with Crippen molar-refractivity contribution >= 4 is 5.96 Å². The molecule has 1 aromatic carbocycles. The third-order valence-electron chi connectivity index (χ3n) is 5.15. The molecule has 9 heteroatoms. The molecule has 30 heavy (non-hydrogen) atoms. The Bertz CT molecular complexity index is 962. The van der Waals surface area contributed by atoms with E-state index in [4.69, 9.17) is 4.74 Å². The van der Waals surface area contributed by atoms with Crippen LogP contribution in [-0.4, -0.2) is 57.2 Å². The third-order valence-corrected chi connectivity index (χ3v) is 5.15. The van der Waals surface area contributed by atoms with Gasteiger partial charge in [0.25, 0.3) is 0 Å². The maximum atomic E-state index is 5.13. The fraction of sp³-hybridized carbons (Fsp3) is 0.429. The normalized spacial score (nSPS) is 16.3. The van der Waals surface area contributed by atoms with E-state index in [1.807, 2.05) is 21.6 Å². The monoisotopic (exact) mass is 408 g/mol. The molecule has 1 unspecified atom stereocenters. The molecule has 0 saturated heterocycles. The van der Waals surface area contributed by atoms with Gasteiger partial charge in [0.05, 0.1) is 12.2 Å². The second-order valence-corrected chi connectivity index (χ2v) is 7.31. The van der Waals surface area contributed by atoms with Crippen LogP contribution in [0.15, 0.2) is 47.7 Å². The molecule has 1 aliphatic heterocycles. The number of nitrogens with one attached hydrogen (secondary N) is 2. The van der Waals surface area contributed by atoms with Crippen molar-refractivity contribution in [2.75, 3.05) is 20.7 Å². The van der Waals surface area contributed by atoms with Gasteiger partial charge >= 0.3 is 0 Å². The molecular weight excluding hydrogens is 380 g/mol. The summed E-state index contributed by atoms with van der Waals surface area (Å²) in [5.41, 5.74) is 2.33. The molecule has 0 fully saturated rings. The minimum atomic E-state index is 0.272. The molecule has 9 nitrogen and oxygen atoms in total. The van der Waals surface area contributed by atoms with Crippen LogP contribution in [0.25, 0.3) is 5.69 Å². The van der Waals surface area contributed by atoms with Gasteiger partial charge in [-0.05, 0) is 36.6 Å². The van der Waals surface area contributed by atoms with E-state index in [-0.39, 0.29) is 6.04 Å². The zero-order valence-electron chi connectivity index (χ0n) is 17.5. The molecule has 4 rings (SSSR count). The quantitative estimate of drug-likeness (QED) is 0.453. The highest BCUT2D eigenvalue weighted by molar-refractivity contribution is 5.79. The highest BCUT2D eigenvalue weighted by Gasteiger charge is 2.22. The van der Waals surface area contributed by atoms with Crippen molar-refractivity contribution in [1.82, 2.24) is 35.2 Å². The number of benzene rings is 1. The standard InChI is InChI=1S/C21H28N8O/c1-22-21(25-17-6-9-20-26-19(15-30-2)27-29(20)14-17)23-12-10-16-4-7-18(8-5-16)28-13-3-11-24-28/h3-5,7-8,11,13,17H,6,9-10,12,14-15H2,1-2H3,(H2,22,23,25). The average molecular weight is 409 g/mol. The van der Waals surface area contributed by atoms with E-state index in [2.05, 4.69) is 55.1 Å².